The van der Waals surface area contributed by atoms with E-state index in [4.69, 9.17) is 9.72 Å². The maximum absolute atomic E-state index is 5.36. The van der Waals surface area contributed by atoms with Crippen LogP contribution in [0.2, 0.25) is 0 Å². The minimum atomic E-state index is 0. The number of nitrogens with zero attached hydrogens (tertiary/aromatic N) is 4. The number of methoxy groups -OCH3 is 1. The van der Waals surface area contributed by atoms with Gasteiger partial charge in [-0.1, -0.05) is 6.07 Å². The summed E-state index contributed by atoms with van der Waals surface area (Å²) >= 11 is 3.51. The average Bonchev–Trinajstić information content (AvgIpc) is 3.41. The number of halogens is 1. The third-order valence-electron chi connectivity index (χ3n) is 5.46. The fourth-order valence-electron chi connectivity index (χ4n) is 3.59. The number of hydrogen-bond acceptors (Lipinski definition) is 6. The van der Waals surface area contributed by atoms with E-state index in [2.05, 4.69) is 50.0 Å². The second kappa shape index (κ2) is 12.9. The maximum Gasteiger partial charge on any atom is 0.193 e. The molecule has 0 aromatic carbocycles. The van der Waals surface area contributed by atoms with Crippen LogP contribution in [-0.4, -0.2) is 61.6 Å². The Hall–Kier alpha value is -0.750. The normalized spacial score (nSPS) is 16.9. The van der Waals surface area contributed by atoms with Gasteiger partial charge in [-0.3, -0.25) is 9.89 Å². The molecule has 0 amide bonds. The Morgan fingerprint density at radius 2 is 2.17 bits per heavy atom. The molecule has 0 saturated carbocycles. The fourth-order valence-corrected chi connectivity index (χ4v) is 5.18. The molecule has 3 rings (SSSR count). The number of hydrogen-bond donors (Lipinski definition) is 1. The van der Waals surface area contributed by atoms with Gasteiger partial charge in [-0.2, -0.15) is 0 Å². The van der Waals surface area contributed by atoms with Crippen molar-refractivity contribution in [1.29, 1.82) is 0 Å². The Kier molecular flexibility index (Phi) is 11.0. The molecule has 1 aliphatic rings. The van der Waals surface area contributed by atoms with Crippen LogP contribution in [0.15, 0.2) is 27.9 Å². The highest BCUT2D eigenvalue weighted by Gasteiger charge is 2.20. The first-order valence-electron chi connectivity index (χ1n) is 10.2. The summed E-state index contributed by atoms with van der Waals surface area (Å²) in [6.45, 7) is 7.20. The Morgan fingerprint density at radius 3 is 2.80 bits per heavy atom. The largest absolute Gasteiger partial charge is 0.375 e. The van der Waals surface area contributed by atoms with E-state index in [1.54, 1.807) is 18.4 Å². The number of guanidine groups is 1. The predicted molar refractivity (Wildman–Crippen MR) is 138 cm³/mol. The first-order chi connectivity index (χ1) is 14.1. The molecular weight excluding hydrogens is 529 g/mol. The number of rotatable bonds is 8. The van der Waals surface area contributed by atoms with E-state index in [1.807, 2.05) is 25.3 Å². The average molecular weight is 564 g/mol. The standard InChI is InChI=1S/C21H33N5OS2.HI/c1-16(27-4)20-24-18(15-29-20)13-25(3)21(22-2)23-12-17-7-9-26(10-8-17)14-19-6-5-11-28-19;/h5-6,11,15-17H,7-10,12-14H2,1-4H3,(H,22,23);1H. The highest BCUT2D eigenvalue weighted by atomic mass is 127. The van der Waals surface area contributed by atoms with Gasteiger partial charge in [-0.05, 0) is 50.2 Å². The van der Waals surface area contributed by atoms with Gasteiger partial charge in [0.2, 0.25) is 0 Å². The lowest BCUT2D eigenvalue weighted by atomic mass is 9.97. The van der Waals surface area contributed by atoms with Gasteiger partial charge in [0.1, 0.15) is 11.1 Å². The van der Waals surface area contributed by atoms with Gasteiger partial charge in [0, 0.05) is 44.6 Å². The minimum absolute atomic E-state index is 0. The summed E-state index contributed by atoms with van der Waals surface area (Å²) in [5.74, 6) is 1.63. The number of aromatic nitrogens is 1. The van der Waals surface area contributed by atoms with Crippen LogP contribution in [0.4, 0.5) is 0 Å². The van der Waals surface area contributed by atoms with Crippen molar-refractivity contribution >= 4 is 52.6 Å². The van der Waals surface area contributed by atoms with Gasteiger partial charge in [0.15, 0.2) is 5.96 Å². The smallest absolute Gasteiger partial charge is 0.193 e. The number of ether oxygens (including phenoxy) is 1. The van der Waals surface area contributed by atoms with Crippen LogP contribution in [0.5, 0.6) is 0 Å². The molecule has 1 aliphatic heterocycles. The van der Waals surface area contributed by atoms with Crippen LogP contribution in [0, 0.1) is 5.92 Å². The van der Waals surface area contributed by atoms with Crippen LogP contribution in [0.1, 0.15) is 41.4 Å². The first-order valence-corrected chi connectivity index (χ1v) is 12.0. The molecule has 1 atom stereocenters. The van der Waals surface area contributed by atoms with E-state index in [0.29, 0.717) is 5.92 Å². The molecule has 168 valence electrons. The predicted octanol–water partition coefficient (Wildman–Crippen LogP) is 4.45. The molecule has 3 heterocycles. The van der Waals surface area contributed by atoms with Crippen LogP contribution in [0.3, 0.4) is 0 Å². The summed E-state index contributed by atoms with van der Waals surface area (Å²) < 4.78 is 5.36. The van der Waals surface area contributed by atoms with Crippen molar-refractivity contribution < 1.29 is 4.74 Å². The zero-order valence-electron chi connectivity index (χ0n) is 18.3. The van der Waals surface area contributed by atoms with Gasteiger partial charge in [0.25, 0.3) is 0 Å². The van der Waals surface area contributed by atoms with Crippen molar-refractivity contribution in [1.82, 2.24) is 20.1 Å². The van der Waals surface area contributed by atoms with Crippen molar-refractivity contribution in [3.63, 3.8) is 0 Å². The Morgan fingerprint density at radius 1 is 1.40 bits per heavy atom. The molecule has 2 aromatic heterocycles. The summed E-state index contributed by atoms with van der Waals surface area (Å²) in [7, 11) is 5.63. The second-order valence-corrected chi connectivity index (χ2v) is 9.56. The van der Waals surface area contributed by atoms with Crippen LogP contribution < -0.4 is 5.32 Å². The number of thiazole rings is 1. The Bertz CT molecular complexity index is 759. The molecule has 0 radical (unpaired) electrons. The van der Waals surface area contributed by atoms with E-state index in [1.165, 1.54) is 30.8 Å². The van der Waals surface area contributed by atoms with Gasteiger partial charge in [-0.15, -0.1) is 46.7 Å². The lowest BCUT2D eigenvalue weighted by Crippen LogP contribution is -2.43. The summed E-state index contributed by atoms with van der Waals surface area (Å²) in [4.78, 5) is 15.3. The molecule has 1 saturated heterocycles. The zero-order chi connectivity index (χ0) is 20.6. The molecule has 30 heavy (non-hydrogen) atoms. The van der Waals surface area contributed by atoms with Crippen molar-refractivity contribution in [2.45, 2.75) is 39.0 Å². The molecule has 1 N–H and O–H groups in total. The number of piperidine rings is 1. The molecule has 9 heteroatoms. The third kappa shape index (κ3) is 7.44. The summed E-state index contributed by atoms with van der Waals surface area (Å²) in [6.07, 6.45) is 2.52. The highest BCUT2D eigenvalue weighted by Crippen LogP contribution is 2.22. The first kappa shape index (κ1) is 25.5. The van der Waals surface area contributed by atoms with E-state index < -0.39 is 0 Å². The molecule has 1 fully saturated rings. The molecule has 6 nitrogen and oxygen atoms in total. The Balaban J connectivity index is 0.00000320. The summed E-state index contributed by atoms with van der Waals surface area (Å²) in [6, 6.07) is 4.38. The lowest BCUT2D eigenvalue weighted by Gasteiger charge is -2.32. The van der Waals surface area contributed by atoms with Crippen LogP contribution in [0.25, 0.3) is 0 Å². The fraction of sp³-hybridized carbons (Fsp3) is 0.619. The lowest BCUT2D eigenvalue weighted by molar-refractivity contribution is 0.119. The van der Waals surface area contributed by atoms with E-state index >= 15 is 0 Å². The number of likely N-dealkylation sites (tertiary alicyclic amines) is 1. The summed E-state index contributed by atoms with van der Waals surface area (Å²) in [5, 5.41) is 8.87. The zero-order valence-corrected chi connectivity index (χ0v) is 22.3. The molecular formula is C21H34IN5OS2. The van der Waals surface area contributed by atoms with Gasteiger partial charge in [0.05, 0.1) is 12.2 Å². The van der Waals surface area contributed by atoms with Crippen molar-refractivity contribution in [3.8, 4) is 0 Å². The van der Waals surface area contributed by atoms with Crippen molar-refractivity contribution in [2.75, 3.05) is 40.8 Å². The minimum Gasteiger partial charge on any atom is -0.375 e. The monoisotopic (exact) mass is 563 g/mol. The van der Waals surface area contributed by atoms with E-state index in [-0.39, 0.29) is 30.1 Å². The maximum atomic E-state index is 5.36. The molecule has 0 spiro atoms. The number of aliphatic imine (C=N–C) groups is 1. The van der Waals surface area contributed by atoms with Crippen molar-refractivity contribution in [2.24, 2.45) is 10.9 Å². The third-order valence-corrected chi connectivity index (χ3v) is 7.37. The van der Waals surface area contributed by atoms with Crippen LogP contribution >= 0.6 is 46.7 Å². The molecule has 2 aromatic rings. The van der Waals surface area contributed by atoms with Crippen LogP contribution in [-0.2, 0) is 17.8 Å². The highest BCUT2D eigenvalue weighted by molar-refractivity contribution is 14.0. The van der Waals surface area contributed by atoms with E-state index in [0.717, 1.165) is 36.3 Å². The van der Waals surface area contributed by atoms with Gasteiger partial charge in [-0.25, -0.2) is 4.98 Å². The second-order valence-electron chi connectivity index (χ2n) is 7.64. The van der Waals surface area contributed by atoms with Gasteiger partial charge >= 0.3 is 0 Å². The SMILES string of the molecule is CN=C(NCC1CCN(Cc2cccs2)CC1)N(C)Cc1csc(C(C)OC)n1.I. The van der Waals surface area contributed by atoms with Gasteiger partial charge < -0.3 is 15.0 Å². The number of nitrogens with one attached hydrogen (secondary N) is 1. The molecule has 1 unspecified atom stereocenters. The van der Waals surface area contributed by atoms with E-state index in [9.17, 15) is 0 Å². The van der Waals surface area contributed by atoms with Crippen molar-refractivity contribution in [3.05, 3.63) is 38.5 Å². The quantitative estimate of drug-likeness (QED) is 0.292. The number of thiophene rings is 1. The molecule has 0 bridgehead atoms. The summed E-state index contributed by atoms with van der Waals surface area (Å²) in [5.41, 5.74) is 1.06. The Labute approximate surface area is 205 Å². The molecule has 0 aliphatic carbocycles. The topological polar surface area (TPSA) is 53.0 Å².